The van der Waals surface area contributed by atoms with Crippen LogP contribution < -0.4 is 10.1 Å². The number of nitrogens with one attached hydrogen (secondary N) is 1. The molecule has 4 heterocycles. The molecule has 0 saturated carbocycles. The van der Waals surface area contributed by atoms with E-state index in [2.05, 4.69) is 47.2 Å². The Morgan fingerprint density at radius 2 is 1.85 bits per heavy atom. The SMILES string of the molecule is CC(C)(C)Oc1cc(-c2ccc3c(c2)CC(C)(C)C3NC(=O)O[C@@H]2CN3CCC2CC3)ccn1. The molecule has 34 heavy (non-hydrogen) atoms. The Labute approximate surface area is 203 Å². The Kier molecular flexibility index (Phi) is 5.83. The van der Waals surface area contributed by atoms with Crippen LogP contribution in [0.1, 0.15) is 64.6 Å². The molecular formula is C28H37N3O3. The number of ether oxygens (including phenoxy) is 2. The van der Waals surface area contributed by atoms with E-state index in [0.717, 1.165) is 50.0 Å². The van der Waals surface area contributed by atoms with Gasteiger partial charge in [0.15, 0.2) is 0 Å². The van der Waals surface area contributed by atoms with Crippen molar-refractivity contribution in [2.45, 2.75) is 71.6 Å². The normalized spacial score (nSPS) is 27.2. The highest BCUT2D eigenvalue weighted by molar-refractivity contribution is 5.70. The van der Waals surface area contributed by atoms with E-state index in [0.29, 0.717) is 11.8 Å². The lowest BCUT2D eigenvalue weighted by Crippen LogP contribution is -2.53. The first-order chi connectivity index (χ1) is 16.1. The number of piperidine rings is 3. The number of alkyl carbamates (subject to hydrolysis) is 1. The van der Waals surface area contributed by atoms with Crippen molar-refractivity contribution in [1.29, 1.82) is 0 Å². The predicted octanol–water partition coefficient (Wildman–Crippen LogP) is 5.37. The molecule has 3 saturated heterocycles. The van der Waals surface area contributed by atoms with Gasteiger partial charge in [-0.15, -0.1) is 0 Å². The van der Waals surface area contributed by atoms with Gasteiger partial charge in [0.2, 0.25) is 5.88 Å². The van der Waals surface area contributed by atoms with E-state index in [9.17, 15) is 4.79 Å². The molecule has 1 aromatic carbocycles. The number of amides is 1. The van der Waals surface area contributed by atoms with Gasteiger partial charge in [0, 0.05) is 18.8 Å². The van der Waals surface area contributed by atoms with Crippen LogP contribution in [-0.2, 0) is 11.2 Å². The van der Waals surface area contributed by atoms with Crippen LogP contribution in [0.5, 0.6) is 5.88 Å². The maximum atomic E-state index is 12.9. The summed E-state index contributed by atoms with van der Waals surface area (Å²) >= 11 is 0. The van der Waals surface area contributed by atoms with Gasteiger partial charge in [-0.1, -0.05) is 32.0 Å². The molecule has 1 unspecified atom stereocenters. The van der Waals surface area contributed by atoms with E-state index < -0.39 is 0 Å². The zero-order valence-electron chi connectivity index (χ0n) is 21.1. The lowest BCUT2D eigenvalue weighted by molar-refractivity contribution is -0.0348. The minimum atomic E-state index is -0.296. The largest absolute Gasteiger partial charge is 0.472 e. The van der Waals surface area contributed by atoms with Crippen LogP contribution in [0.15, 0.2) is 36.5 Å². The average Bonchev–Trinajstić information content (AvgIpc) is 3.02. The number of benzene rings is 1. The van der Waals surface area contributed by atoms with E-state index in [1.807, 2.05) is 32.9 Å². The first-order valence-electron chi connectivity index (χ1n) is 12.6. The minimum Gasteiger partial charge on any atom is -0.472 e. The molecule has 0 spiro atoms. The lowest BCUT2D eigenvalue weighted by atomic mass is 9.85. The zero-order chi connectivity index (χ0) is 24.1. The van der Waals surface area contributed by atoms with Crippen molar-refractivity contribution in [3.05, 3.63) is 47.7 Å². The second kappa shape index (κ2) is 8.56. The fourth-order valence-electron chi connectivity index (χ4n) is 5.80. The Balaban J connectivity index is 1.32. The van der Waals surface area contributed by atoms with Crippen LogP contribution in [0.3, 0.4) is 0 Å². The second-order valence-electron chi connectivity index (χ2n) is 11.8. The minimum absolute atomic E-state index is 0.0186. The van der Waals surface area contributed by atoms with Crippen molar-refractivity contribution in [2.24, 2.45) is 11.3 Å². The standard InChI is InChI=1S/C28H37N3O3/c1-27(2,3)34-24-15-20(8-11-29-24)19-6-7-22-21(14-19)16-28(4,5)25(22)30-26(32)33-23-17-31-12-9-18(23)10-13-31/h6-8,11,14-15,18,23,25H,9-10,12-13,16-17H2,1-5H3,(H,30,32)/t23-,25?/m1/s1. The predicted molar refractivity (Wildman–Crippen MR) is 133 cm³/mol. The number of hydrogen-bond acceptors (Lipinski definition) is 5. The maximum absolute atomic E-state index is 12.9. The summed E-state index contributed by atoms with van der Waals surface area (Å²) in [6.07, 6.45) is 4.70. The number of pyridine rings is 1. The maximum Gasteiger partial charge on any atom is 0.407 e. The molecule has 4 aliphatic rings. The van der Waals surface area contributed by atoms with Crippen LogP contribution in [0, 0.1) is 11.3 Å². The number of carbonyl (C=O) groups is 1. The summed E-state index contributed by atoms with van der Waals surface area (Å²) in [5.41, 5.74) is 4.27. The molecule has 6 heteroatoms. The molecule has 1 aromatic heterocycles. The van der Waals surface area contributed by atoms with Crippen molar-refractivity contribution in [1.82, 2.24) is 15.2 Å². The number of fused-ring (bicyclic) bond motifs is 4. The van der Waals surface area contributed by atoms with Gasteiger partial charge >= 0.3 is 6.09 Å². The lowest BCUT2D eigenvalue weighted by Gasteiger charge is -2.44. The van der Waals surface area contributed by atoms with Crippen molar-refractivity contribution in [3.63, 3.8) is 0 Å². The van der Waals surface area contributed by atoms with E-state index in [4.69, 9.17) is 9.47 Å². The van der Waals surface area contributed by atoms with Crippen molar-refractivity contribution < 1.29 is 14.3 Å². The smallest absolute Gasteiger partial charge is 0.407 e. The molecule has 6 nitrogen and oxygen atoms in total. The van der Waals surface area contributed by atoms with Gasteiger partial charge in [-0.3, -0.25) is 4.90 Å². The van der Waals surface area contributed by atoms with E-state index in [1.165, 1.54) is 11.1 Å². The molecule has 1 aliphatic carbocycles. The molecule has 2 bridgehead atoms. The van der Waals surface area contributed by atoms with Gasteiger partial charge in [-0.05, 0) is 92.8 Å². The summed E-state index contributed by atoms with van der Waals surface area (Å²) < 4.78 is 11.9. The van der Waals surface area contributed by atoms with Crippen LogP contribution in [0.25, 0.3) is 11.1 Å². The molecule has 0 radical (unpaired) electrons. The van der Waals surface area contributed by atoms with Gasteiger partial charge in [0.1, 0.15) is 11.7 Å². The van der Waals surface area contributed by atoms with Gasteiger partial charge < -0.3 is 14.8 Å². The van der Waals surface area contributed by atoms with Gasteiger partial charge in [-0.25, -0.2) is 9.78 Å². The summed E-state index contributed by atoms with van der Waals surface area (Å²) in [4.78, 5) is 19.7. The number of hydrogen-bond donors (Lipinski definition) is 1. The van der Waals surface area contributed by atoms with E-state index in [1.54, 1.807) is 6.20 Å². The van der Waals surface area contributed by atoms with Crippen LogP contribution in [-0.4, -0.2) is 47.3 Å². The molecule has 3 aliphatic heterocycles. The van der Waals surface area contributed by atoms with E-state index in [-0.39, 0.29) is 29.3 Å². The van der Waals surface area contributed by atoms with Gasteiger partial charge in [-0.2, -0.15) is 0 Å². The summed E-state index contributed by atoms with van der Waals surface area (Å²) in [7, 11) is 0. The van der Waals surface area contributed by atoms with Gasteiger partial charge in [0.05, 0.1) is 6.04 Å². The summed E-state index contributed by atoms with van der Waals surface area (Å²) in [6, 6.07) is 10.5. The third kappa shape index (κ3) is 4.78. The molecule has 1 amide bonds. The third-order valence-corrected chi connectivity index (χ3v) is 7.48. The van der Waals surface area contributed by atoms with Crippen molar-refractivity contribution in [2.75, 3.05) is 19.6 Å². The first kappa shape index (κ1) is 23.2. The highest BCUT2D eigenvalue weighted by atomic mass is 16.6. The molecule has 2 aromatic rings. The summed E-state index contributed by atoms with van der Waals surface area (Å²) in [5, 5.41) is 3.22. The zero-order valence-corrected chi connectivity index (χ0v) is 21.1. The van der Waals surface area contributed by atoms with Gasteiger partial charge in [0.25, 0.3) is 0 Å². The second-order valence-corrected chi connectivity index (χ2v) is 11.8. The molecule has 3 fully saturated rings. The number of nitrogens with zero attached hydrogens (tertiary/aromatic N) is 2. The fraction of sp³-hybridized carbons (Fsp3) is 0.571. The molecule has 6 rings (SSSR count). The molecule has 1 N–H and O–H groups in total. The summed E-state index contributed by atoms with van der Waals surface area (Å²) in [6.45, 7) is 13.6. The number of carbonyl (C=O) groups excluding carboxylic acids is 1. The Morgan fingerprint density at radius 3 is 2.53 bits per heavy atom. The number of aromatic nitrogens is 1. The topological polar surface area (TPSA) is 63.7 Å². The third-order valence-electron chi connectivity index (χ3n) is 7.48. The number of rotatable bonds is 4. The highest BCUT2D eigenvalue weighted by Crippen LogP contribution is 2.46. The van der Waals surface area contributed by atoms with Crippen molar-refractivity contribution >= 4 is 6.09 Å². The average molecular weight is 464 g/mol. The Hall–Kier alpha value is -2.60. The molecular weight excluding hydrogens is 426 g/mol. The quantitative estimate of drug-likeness (QED) is 0.660. The molecule has 182 valence electrons. The Bertz CT molecular complexity index is 1070. The summed E-state index contributed by atoms with van der Waals surface area (Å²) in [5.74, 6) is 1.13. The van der Waals surface area contributed by atoms with Crippen LogP contribution in [0.2, 0.25) is 0 Å². The fourth-order valence-corrected chi connectivity index (χ4v) is 5.80. The molecule has 2 atom stereocenters. The van der Waals surface area contributed by atoms with Crippen LogP contribution >= 0.6 is 0 Å². The first-order valence-corrected chi connectivity index (χ1v) is 12.6. The highest BCUT2D eigenvalue weighted by Gasteiger charge is 2.42. The van der Waals surface area contributed by atoms with Crippen molar-refractivity contribution in [3.8, 4) is 17.0 Å². The monoisotopic (exact) mass is 463 g/mol. The Morgan fingerprint density at radius 1 is 1.12 bits per heavy atom. The van der Waals surface area contributed by atoms with E-state index >= 15 is 0 Å². The van der Waals surface area contributed by atoms with Crippen LogP contribution in [0.4, 0.5) is 4.79 Å².